The number of benzene rings is 2. The summed E-state index contributed by atoms with van der Waals surface area (Å²) in [5.41, 5.74) is 3.68. The molecule has 0 fully saturated rings. The molecule has 3 rings (SSSR count). The summed E-state index contributed by atoms with van der Waals surface area (Å²) < 4.78 is 21.2. The Morgan fingerprint density at radius 2 is 2.04 bits per heavy atom. The van der Waals surface area contributed by atoms with Gasteiger partial charge in [-0.15, -0.1) is 0 Å². The number of ether oxygens (including phenoxy) is 4. The third-order valence-corrected chi connectivity index (χ3v) is 3.50. The van der Waals surface area contributed by atoms with Gasteiger partial charge >= 0.3 is 0 Å². The fraction of sp³-hybridized carbons (Fsp3) is 0.222. The first kappa shape index (κ1) is 16.6. The zero-order valence-corrected chi connectivity index (χ0v) is 13.9. The second kappa shape index (κ2) is 7.57. The predicted molar refractivity (Wildman–Crippen MR) is 91.8 cm³/mol. The Balaban J connectivity index is 1.65. The molecule has 7 heteroatoms. The summed E-state index contributed by atoms with van der Waals surface area (Å²) >= 11 is 0. The Kier molecular flexibility index (Phi) is 5.03. The van der Waals surface area contributed by atoms with E-state index >= 15 is 0 Å². The van der Waals surface area contributed by atoms with Crippen LogP contribution in [0.2, 0.25) is 0 Å². The third kappa shape index (κ3) is 3.82. The summed E-state index contributed by atoms with van der Waals surface area (Å²) in [6.07, 6.45) is 1.53. The molecule has 25 heavy (non-hydrogen) atoms. The van der Waals surface area contributed by atoms with Gasteiger partial charge in [-0.2, -0.15) is 5.10 Å². The van der Waals surface area contributed by atoms with Crippen LogP contribution in [0.3, 0.4) is 0 Å². The normalized spacial score (nSPS) is 12.2. The monoisotopic (exact) mass is 342 g/mol. The van der Waals surface area contributed by atoms with Gasteiger partial charge in [0.15, 0.2) is 23.0 Å². The number of carbonyl (C=O) groups excluding carboxylic acids is 1. The van der Waals surface area contributed by atoms with Gasteiger partial charge in [-0.3, -0.25) is 4.79 Å². The number of hydrogen-bond acceptors (Lipinski definition) is 6. The molecule has 0 saturated heterocycles. The van der Waals surface area contributed by atoms with Crippen molar-refractivity contribution in [3.05, 3.63) is 47.5 Å². The van der Waals surface area contributed by atoms with Crippen molar-refractivity contribution in [2.24, 2.45) is 5.10 Å². The van der Waals surface area contributed by atoms with Gasteiger partial charge in [0, 0.05) is 5.56 Å². The Bertz CT molecular complexity index is 804. The molecule has 0 radical (unpaired) electrons. The van der Waals surface area contributed by atoms with Crippen LogP contribution in [-0.4, -0.2) is 32.6 Å². The van der Waals surface area contributed by atoms with Crippen LogP contribution < -0.4 is 24.4 Å². The van der Waals surface area contributed by atoms with Crippen molar-refractivity contribution in [1.82, 2.24) is 5.43 Å². The van der Waals surface area contributed by atoms with E-state index < -0.39 is 0 Å². The van der Waals surface area contributed by atoms with Gasteiger partial charge in [-0.25, -0.2) is 5.43 Å². The maximum atomic E-state index is 12.1. The van der Waals surface area contributed by atoms with Crippen LogP contribution in [0, 0.1) is 0 Å². The molecule has 1 heterocycles. The van der Waals surface area contributed by atoms with E-state index in [1.54, 1.807) is 37.4 Å². The van der Waals surface area contributed by atoms with Crippen LogP contribution in [0.1, 0.15) is 22.8 Å². The quantitative estimate of drug-likeness (QED) is 0.645. The molecule has 0 atom stereocenters. The number of methoxy groups -OCH3 is 1. The van der Waals surface area contributed by atoms with Crippen molar-refractivity contribution >= 4 is 12.1 Å². The molecule has 0 aliphatic carbocycles. The van der Waals surface area contributed by atoms with Crippen LogP contribution >= 0.6 is 0 Å². The largest absolute Gasteiger partial charge is 0.493 e. The summed E-state index contributed by atoms with van der Waals surface area (Å²) in [4.78, 5) is 12.1. The van der Waals surface area contributed by atoms with E-state index in [9.17, 15) is 4.79 Å². The molecule has 0 saturated carbocycles. The molecule has 1 amide bonds. The van der Waals surface area contributed by atoms with Gasteiger partial charge in [-0.05, 0) is 48.9 Å². The molecular weight excluding hydrogens is 324 g/mol. The Morgan fingerprint density at radius 3 is 2.84 bits per heavy atom. The summed E-state index contributed by atoms with van der Waals surface area (Å²) in [7, 11) is 1.57. The standard InChI is InChI=1S/C18H18N2O5/c1-3-23-14-6-4-12(8-16(14)22-2)10-19-20-18(21)13-5-7-15-17(9-13)25-11-24-15/h4-10H,3,11H2,1-2H3,(H,20,21). The summed E-state index contributed by atoms with van der Waals surface area (Å²) in [5.74, 6) is 2.10. The molecule has 0 unspecified atom stereocenters. The highest BCUT2D eigenvalue weighted by Crippen LogP contribution is 2.32. The van der Waals surface area contributed by atoms with Crippen molar-refractivity contribution in [2.45, 2.75) is 6.92 Å². The van der Waals surface area contributed by atoms with E-state index in [2.05, 4.69) is 10.5 Å². The van der Waals surface area contributed by atoms with Crippen LogP contribution in [0.5, 0.6) is 23.0 Å². The van der Waals surface area contributed by atoms with Crippen LogP contribution in [0.25, 0.3) is 0 Å². The lowest BCUT2D eigenvalue weighted by atomic mass is 10.2. The average molecular weight is 342 g/mol. The molecule has 7 nitrogen and oxygen atoms in total. The molecule has 1 aliphatic rings. The van der Waals surface area contributed by atoms with Crippen molar-refractivity contribution in [2.75, 3.05) is 20.5 Å². The summed E-state index contributed by atoms with van der Waals surface area (Å²) in [6.45, 7) is 2.62. The van der Waals surface area contributed by atoms with Gasteiger partial charge in [0.05, 0.1) is 19.9 Å². The smallest absolute Gasteiger partial charge is 0.271 e. The third-order valence-electron chi connectivity index (χ3n) is 3.50. The average Bonchev–Trinajstić information content (AvgIpc) is 3.10. The molecule has 1 aliphatic heterocycles. The van der Waals surface area contributed by atoms with Gasteiger partial charge < -0.3 is 18.9 Å². The first-order valence-corrected chi connectivity index (χ1v) is 7.75. The van der Waals surface area contributed by atoms with Gasteiger partial charge in [0.2, 0.25) is 6.79 Å². The van der Waals surface area contributed by atoms with Crippen molar-refractivity contribution in [3.63, 3.8) is 0 Å². The SMILES string of the molecule is CCOc1ccc(C=NNC(=O)c2ccc3c(c2)OCO3)cc1OC. The minimum Gasteiger partial charge on any atom is -0.493 e. The second-order valence-corrected chi connectivity index (χ2v) is 5.11. The van der Waals surface area contributed by atoms with Crippen LogP contribution in [-0.2, 0) is 0 Å². The fourth-order valence-corrected chi connectivity index (χ4v) is 2.31. The zero-order valence-electron chi connectivity index (χ0n) is 13.9. The first-order chi connectivity index (χ1) is 12.2. The molecule has 0 spiro atoms. The van der Waals surface area contributed by atoms with Crippen LogP contribution in [0.15, 0.2) is 41.5 Å². The summed E-state index contributed by atoms with van der Waals surface area (Å²) in [5, 5.41) is 3.97. The lowest BCUT2D eigenvalue weighted by molar-refractivity contribution is 0.0954. The molecular formula is C18H18N2O5. The van der Waals surface area contributed by atoms with Crippen molar-refractivity contribution in [3.8, 4) is 23.0 Å². The molecule has 2 aromatic carbocycles. The number of rotatable bonds is 6. The van der Waals surface area contributed by atoms with E-state index in [1.165, 1.54) is 6.21 Å². The van der Waals surface area contributed by atoms with Crippen LogP contribution in [0.4, 0.5) is 0 Å². The van der Waals surface area contributed by atoms with Gasteiger partial charge in [0.1, 0.15) is 0 Å². The Morgan fingerprint density at radius 1 is 1.20 bits per heavy atom. The maximum absolute atomic E-state index is 12.1. The highest BCUT2D eigenvalue weighted by molar-refractivity contribution is 5.95. The van der Waals surface area contributed by atoms with E-state index in [-0.39, 0.29) is 12.7 Å². The highest BCUT2D eigenvalue weighted by Gasteiger charge is 2.15. The number of nitrogens with zero attached hydrogens (tertiary/aromatic N) is 1. The number of amides is 1. The maximum Gasteiger partial charge on any atom is 0.271 e. The molecule has 0 bridgehead atoms. The van der Waals surface area contributed by atoms with Crippen molar-refractivity contribution in [1.29, 1.82) is 0 Å². The predicted octanol–water partition coefficient (Wildman–Crippen LogP) is 2.59. The highest BCUT2D eigenvalue weighted by atomic mass is 16.7. The lowest BCUT2D eigenvalue weighted by Gasteiger charge is -2.09. The van der Waals surface area contributed by atoms with Gasteiger partial charge in [-0.1, -0.05) is 0 Å². The first-order valence-electron chi connectivity index (χ1n) is 7.75. The van der Waals surface area contributed by atoms with E-state index in [0.29, 0.717) is 35.2 Å². The fourth-order valence-electron chi connectivity index (χ4n) is 2.31. The second-order valence-electron chi connectivity index (χ2n) is 5.11. The van der Waals surface area contributed by atoms with E-state index in [1.807, 2.05) is 13.0 Å². The number of hydrazone groups is 1. The van der Waals surface area contributed by atoms with Gasteiger partial charge in [0.25, 0.3) is 5.91 Å². The minimum absolute atomic E-state index is 0.165. The number of nitrogens with one attached hydrogen (secondary N) is 1. The molecule has 130 valence electrons. The zero-order chi connectivity index (χ0) is 17.6. The Labute approximate surface area is 145 Å². The number of fused-ring (bicyclic) bond motifs is 1. The topological polar surface area (TPSA) is 78.4 Å². The van der Waals surface area contributed by atoms with E-state index in [4.69, 9.17) is 18.9 Å². The van der Waals surface area contributed by atoms with E-state index in [0.717, 1.165) is 5.56 Å². The lowest BCUT2D eigenvalue weighted by Crippen LogP contribution is -2.17. The minimum atomic E-state index is -0.340. The number of carbonyl (C=O) groups is 1. The Hall–Kier alpha value is -3.22. The molecule has 1 N–H and O–H groups in total. The number of hydrogen-bond donors (Lipinski definition) is 1. The molecule has 0 aromatic heterocycles. The van der Waals surface area contributed by atoms with Crippen molar-refractivity contribution < 1.29 is 23.7 Å². The summed E-state index contributed by atoms with van der Waals surface area (Å²) in [6, 6.07) is 10.4. The molecule has 2 aromatic rings.